The fourth-order valence-corrected chi connectivity index (χ4v) is 4.67. The number of rotatable bonds is 6. The molecule has 2 N–H and O–H groups in total. The number of nitrogens with zero attached hydrogens (tertiary/aromatic N) is 1. The minimum absolute atomic E-state index is 0.107. The van der Waals surface area contributed by atoms with E-state index in [0.717, 1.165) is 5.56 Å². The van der Waals surface area contributed by atoms with Crippen LogP contribution in [0.1, 0.15) is 29.0 Å². The quantitative estimate of drug-likeness (QED) is 0.425. The van der Waals surface area contributed by atoms with Gasteiger partial charge in [-0.25, -0.2) is 4.98 Å². The second kappa shape index (κ2) is 9.03. The Bertz CT molecular complexity index is 1200. The second-order valence-electron chi connectivity index (χ2n) is 6.94. The van der Waals surface area contributed by atoms with E-state index in [-0.39, 0.29) is 23.7 Å². The topological polar surface area (TPSA) is 93.3 Å². The molecule has 0 bridgehead atoms. The molecule has 0 spiro atoms. The first kappa shape index (κ1) is 21.3. The SMILES string of the molecule is COc1cccc(C2CC(=O)Nc3nc(SCc4cccc(Cl)c4)[nH]c(=O)c32)c1OC. The molecule has 7 nitrogen and oxygen atoms in total. The Kier molecular flexibility index (Phi) is 6.20. The standard InChI is InChI=1S/C22H20ClN3O4S/c1-29-16-8-4-7-14(19(16)30-2)15-10-17(27)24-20-18(15)21(28)26-22(25-20)31-11-12-5-3-6-13(23)9-12/h3-9,15H,10-11H2,1-2H3,(H2,24,25,26,27,28). The van der Waals surface area contributed by atoms with E-state index in [2.05, 4.69) is 15.3 Å². The van der Waals surface area contributed by atoms with Crippen LogP contribution in [0.4, 0.5) is 5.82 Å². The third kappa shape index (κ3) is 4.40. The van der Waals surface area contributed by atoms with Gasteiger partial charge in [-0.05, 0) is 23.8 Å². The lowest BCUT2D eigenvalue weighted by Crippen LogP contribution is -2.31. The van der Waals surface area contributed by atoms with Gasteiger partial charge in [-0.1, -0.05) is 47.6 Å². The van der Waals surface area contributed by atoms with Crippen molar-refractivity contribution in [2.24, 2.45) is 0 Å². The van der Waals surface area contributed by atoms with Gasteiger partial charge in [-0.3, -0.25) is 9.59 Å². The lowest BCUT2D eigenvalue weighted by molar-refractivity contribution is -0.116. The Hall–Kier alpha value is -2.97. The third-order valence-electron chi connectivity index (χ3n) is 5.00. The molecule has 1 unspecified atom stereocenters. The number of methoxy groups -OCH3 is 2. The lowest BCUT2D eigenvalue weighted by Gasteiger charge is -2.26. The number of thioether (sulfide) groups is 1. The zero-order chi connectivity index (χ0) is 22.0. The van der Waals surface area contributed by atoms with Crippen molar-refractivity contribution < 1.29 is 14.3 Å². The average molecular weight is 458 g/mol. The monoisotopic (exact) mass is 457 g/mol. The van der Waals surface area contributed by atoms with Crippen molar-refractivity contribution in [1.82, 2.24) is 9.97 Å². The zero-order valence-electron chi connectivity index (χ0n) is 16.9. The first-order chi connectivity index (χ1) is 15.0. The molecular formula is C22H20ClN3O4S. The maximum absolute atomic E-state index is 13.0. The van der Waals surface area contributed by atoms with Crippen LogP contribution in [0.5, 0.6) is 11.5 Å². The predicted molar refractivity (Wildman–Crippen MR) is 121 cm³/mol. The van der Waals surface area contributed by atoms with Crippen LogP contribution in [0.15, 0.2) is 52.4 Å². The summed E-state index contributed by atoms with van der Waals surface area (Å²) in [6, 6.07) is 12.9. The van der Waals surface area contributed by atoms with Crippen LogP contribution in [-0.2, 0) is 10.5 Å². The minimum Gasteiger partial charge on any atom is -0.493 e. The number of hydrogen-bond donors (Lipinski definition) is 2. The average Bonchev–Trinajstić information content (AvgIpc) is 2.76. The Balaban J connectivity index is 1.70. The van der Waals surface area contributed by atoms with Crippen molar-refractivity contribution >= 4 is 35.1 Å². The molecule has 1 aromatic heterocycles. The van der Waals surface area contributed by atoms with Gasteiger partial charge in [0.2, 0.25) is 5.91 Å². The van der Waals surface area contributed by atoms with Crippen molar-refractivity contribution in [3.63, 3.8) is 0 Å². The molecule has 2 heterocycles. The molecule has 0 aliphatic carbocycles. The molecule has 0 fully saturated rings. The smallest absolute Gasteiger partial charge is 0.257 e. The van der Waals surface area contributed by atoms with E-state index in [9.17, 15) is 9.59 Å². The Morgan fingerprint density at radius 3 is 2.71 bits per heavy atom. The number of amides is 1. The maximum atomic E-state index is 13.0. The van der Waals surface area contributed by atoms with Crippen LogP contribution in [0.25, 0.3) is 0 Å². The van der Waals surface area contributed by atoms with Gasteiger partial charge in [0.15, 0.2) is 16.7 Å². The summed E-state index contributed by atoms with van der Waals surface area (Å²) >= 11 is 7.39. The van der Waals surface area contributed by atoms with Crippen LogP contribution >= 0.6 is 23.4 Å². The largest absolute Gasteiger partial charge is 0.493 e. The van der Waals surface area contributed by atoms with Crippen LogP contribution in [0, 0.1) is 0 Å². The van der Waals surface area contributed by atoms with Crippen LogP contribution in [0.2, 0.25) is 5.02 Å². The van der Waals surface area contributed by atoms with Crippen LogP contribution in [-0.4, -0.2) is 30.1 Å². The van der Waals surface area contributed by atoms with Crippen molar-refractivity contribution in [2.45, 2.75) is 23.2 Å². The molecule has 9 heteroatoms. The molecule has 0 saturated carbocycles. The minimum atomic E-state index is -0.503. The van der Waals surface area contributed by atoms with E-state index in [1.807, 2.05) is 24.3 Å². The van der Waals surface area contributed by atoms with Gasteiger partial charge in [0.25, 0.3) is 5.56 Å². The summed E-state index contributed by atoms with van der Waals surface area (Å²) in [6.45, 7) is 0. The molecule has 1 atom stereocenters. The number of carbonyl (C=O) groups is 1. The molecule has 1 aliphatic heterocycles. The van der Waals surface area contributed by atoms with Crippen molar-refractivity contribution in [3.8, 4) is 11.5 Å². The first-order valence-corrected chi connectivity index (χ1v) is 10.9. The molecule has 0 radical (unpaired) electrons. The zero-order valence-corrected chi connectivity index (χ0v) is 18.5. The number of H-pyrrole nitrogens is 1. The van der Waals surface area contributed by atoms with E-state index in [1.54, 1.807) is 25.3 Å². The summed E-state index contributed by atoms with van der Waals surface area (Å²) in [4.78, 5) is 32.8. The number of anilines is 1. The molecular weight excluding hydrogens is 438 g/mol. The molecule has 31 heavy (non-hydrogen) atoms. The molecule has 4 rings (SSSR count). The highest BCUT2D eigenvalue weighted by Crippen LogP contribution is 2.42. The fourth-order valence-electron chi connectivity index (χ4n) is 3.65. The summed E-state index contributed by atoms with van der Waals surface area (Å²) in [6.07, 6.45) is 0.107. The highest BCUT2D eigenvalue weighted by Gasteiger charge is 2.33. The summed E-state index contributed by atoms with van der Waals surface area (Å²) in [5, 5.41) is 3.80. The summed E-state index contributed by atoms with van der Waals surface area (Å²) in [5.41, 5.74) is 1.80. The highest BCUT2D eigenvalue weighted by atomic mass is 35.5. The number of carbonyl (C=O) groups excluding carboxylic acids is 1. The van der Waals surface area contributed by atoms with Gasteiger partial charge < -0.3 is 19.8 Å². The van der Waals surface area contributed by atoms with Gasteiger partial charge in [-0.2, -0.15) is 0 Å². The Morgan fingerprint density at radius 1 is 1.16 bits per heavy atom. The highest BCUT2D eigenvalue weighted by molar-refractivity contribution is 7.98. The van der Waals surface area contributed by atoms with E-state index in [1.165, 1.54) is 18.9 Å². The molecule has 3 aromatic rings. The van der Waals surface area contributed by atoms with Gasteiger partial charge >= 0.3 is 0 Å². The number of para-hydroxylation sites is 1. The third-order valence-corrected chi connectivity index (χ3v) is 6.18. The number of fused-ring (bicyclic) bond motifs is 1. The summed E-state index contributed by atoms with van der Waals surface area (Å²) in [5.74, 6) is 1.15. The predicted octanol–water partition coefficient (Wildman–Crippen LogP) is 4.21. The van der Waals surface area contributed by atoms with Crippen LogP contribution < -0.4 is 20.3 Å². The van der Waals surface area contributed by atoms with E-state index in [4.69, 9.17) is 21.1 Å². The van der Waals surface area contributed by atoms with E-state index < -0.39 is 5.92 Å². The Morgan fingerprint density at radius 2 is 1.97 bits per heavy atom. The number of aromatic nitrogens is 2. The van der Waals surface area contributed by atoms with Gasteiger partial charge in [0, 0.05) is 28.7 Å². The number of benzene rings is 2. The number of ether oxygens (including phenoxy) is 2. The number of aromatic amines is 1. The summed E-state index contributed by atoms with van der Waals surface area (Å²) in [7, 11) is 3.07. The van der Waals surface area contributed by atoms with Gasteiger partial charge in [-0.15, -0.1) is 0 Å². The van der Waals surface area contributed by atoms with Crippen molar-refractivity contribution in [2.75, 3.05) is 19.5 Å². The molecule has 160 valence electrons. The number of hydrogen-bond acceptors (Lipinski definition) is 6. The van der Waals surface area contributed by atoms with E-state index >= 15 is 0 Å². The lowest BCUT2D eigenvalue weighted by atomic mass is 9.86. The van der Waals surface area contributed by atoms with Gasteiger partial charge in [0.1, 0.15) is 5.82 Å². The molecule has 0 saturated heterocycles. The summed E-state index contributed by atoms with van der Waals surface area (Å²) < 4.78 is 10.9. The van der Waals surface area contributed by atoms with Gasteiger partial charge in [0.05, 0.1) is 19.8 Å². The van der Waals surface area contributed by atoms with Crippen LogP contribution in [0.3, 0.4) is 0 Å². The van der Waals surface area contributed by atoms with Crippen molar-refractivity contribution in [3.05, 3.63) is 74.5 Å². The number of nitrogens with one attached hydrogen (secondary N) is 2. The molecule has 1 amide bonds. The normalized spacial score (nSPS) is 15.2. The maximum Gasteiger partial charge on any atom is 0.257 e. The fraction of sp³-hybridized carbons (Fsp3) is 0.227. The number of halogens is 1. The van der Waals surface area contributed by atoms with E-state index in [0.29, 0.717) is 38.6 Å². The molecule has 2 aromatic carbocycles. The van der Waals surface area contributed by atoms with Crippen molar-refractivity contribution in [1.29, 1.82) is 0 Å². The first-order valence-electron chi connectivity index (χ1n) is 9.52. The second-order valence-corrected chi connectivity index (χ2v) is 8.34. The Labute approximate surface area is 188 Å². The molecule has 1 aliphatic rings.